The average Bonchev–Trinajstić information content (AvgIpc) is 3.22. The summed E-state index contributed by atoms with van der Waals surface area (Å²) in [6, 6.07) is 6.19. The van der Waals surface area contributed by atoms with Crippen molar-refractivity contribution in [2.45, 2.75) is 38.8 Å². The van der Waals surface area contributed by atoms with E-state index in [-0.39, 0.29) is 5.91 Å². The third kappa shape index (κ3) is 2.18. The Labute approximate surface area is 120 Å². The quantitative estimate of drug-likeness (QED) is 0.915. The zero-order valence-electron chi connectivity index (χ0n) is 12.5. The molecule has 1 aromatic carbocycles. The highest BCUT2D eigenvalue weighted by Gasteiger charge is 2.33. The number of hydrogen-bond acceptors (Lipinski definition) is 3. The van der Waals surface area contributed by atoms with Gasteiger partial charge in [-0.25, -0.2) is 0 Å². The van der Waals surface area contributed by atoms with E-state index in [1.165, 1.54) is 18.5 Å². The molecular weight excluding hydrogens is 250 g/mol. The van der Waals surface area contributed by atoms with Gasteiger partial charge in [0.2, 0.25) is 5.91 Å². The first-order valence-electron chi connectivity index (χ1n) is 7.42. The van der Waals surface area contributed by atoms with Crippen LogP contribution in [0.2, 0.25) is 0 Å². The molecule has 108 valence electrons. The predicted molar refractivity (Wildman–Crippen MR) is 82.0 cm³/mol. The smallest absolute Gasteiger partial charge is 0.248 e. The Kier molecular flexibility index (Phi) is 3.21. The van der Waals surface area contributed by atoms with Gasteiger partial charge in [-0.2, -0.15) is 0 Å². The number of carbonyl (C=O) groups is 1. The number of fused-ring (bicyclic) bond motifs is 1. The van der Waals surface area contributed by atoms with Crippen LogP contribution in [-0.4, -0.2) is 25.5 Å². The first-order chi connectivity index (χ1) is 9.49. The molecule has 0 bridgehead atoms. The van der Waals surface area contributed by atoms with Crippen molar-refractivity contribution in [1.29, 1.82) is 0 Å². The maximum atomic E-state index is 12.0. The number of anilines is 2. The van der Waals surface area contributed by atoms with Crippen LogP contribution in [0.15, 0.2) is 18.2 Å². The van der Waals surface area contributed by atoms with E-state index in [2.05, 4.69) is 30.9 Å². The molecule has 1 heterocycles. The third-order valence-electron chi connectivity index (χ3n) is 4.41. The number of nitrogens with two attached hydrogens (primary N) is 1. The zero-order chi connectivity index (χ0) is 14.4. The molecule has 0 saturated heterocycles. The van der Waals surface area contributed by atoms with Crippen LogP contribution >= 0.6 is 0 Å². The van der Waals surface area contributed by atoms with Gasteiger partial charge in [0.15, 0.2) is 0 Å². The van der Waals surface area contributed by atoms with Crippen LogP contribution in [0, 0.1) is 5.92 Å². The van der Waals surface area contributed by atoms with Gasteiger partial charge < -0.3 is 15.5 Å². The number of nitrogens with zero attached hydrogens (tertiary/aromatic N) is 2. The van der Waals surface area contributed by atoms with Crippen LogP contribution < -0.4 is 15.5 Å². The summed E-state index contributed by atoms with van der Waals surface area (Å²) in [6.07, 6.45) is 2.69. The lowest BCUT2D eigenvalue weighted by Crippen LogP contribution is -2.32. The Morgan fingerprint density at radius 3 is 2.70 bits per heavy atom. The molecule has 1 aromatic rings. The van der Waals surface area contributed by atoms with E-state index in [0.29, 0.717) is 6.04 Å². The van der Waals surface area contributed by atoms with Crippen LogP contribution in [0.4, 0.5) is 11.4 Å². The third-order valence-corrected chi connectivity index (χ3v) is 4.41. The van der Waals surface area contributed by atoms with Crippen LogP contribution in [0.5, 0.6) is 0 Å². The Hall–Kier alpha value is -1.55. The van der Waals surface area contributed by atoms with Gasteiger partial charge >= 0.3 is 0 Å². The van der Waals surface area contributed by atoms with Crippen LogP contribution in [0.3, 0.4) is 0 Å². The molecule has 1 fully saturated rings. The first kappa shape index (κ1) is 13.4. The second-order valence-electron chi connectivity index (χ2n) is 6.31. The van der Waals surface area contributed by atoms with Gasteiger partial charge in [0.25, 0.3) is 0 Å². The number of carbonyl (C=O) groups excluding carboxylic acids is 1. The van der Waals surface area contributed by atoms with E-state index in [1.807, 2.05) is 6.07 Å². The summed E-state index contributed by atoms with van der Waals surface area (Å²) in [7, 11) is 1.80. The number of likely N-dealkylation sites (N-methyl/N-ethyl adjacent to an activating group) is 1. The molecule has 1 atom stereocenters. The summed E-state index contributed by atoms with van der Waals surface area (Å²) >= 11 is 0. The lowest BCUT2D eigenvalue weighted by molar-refractivity contribution is -0.118. The van der Waals surface area contributed by atoms with E-state index in [4.69, 9.17) is 5.73 Å². The van der Waals surface area contributed by atoms with Crippen molar-refractivity contribution in [3.05, 3.63) is 23.8 Å². The molecular formula is C16H23N3O. The zero-order valence-corrected chi connectivity index (χ0v) is 12.5. The van der Waals surface area contributed by atoms with E-state index in [1.54, 1.807) is 11.9 Å². The predicted octanol–water partition coefficient (Wildman–Crippen LogP) is 2.29. The largest absolute Gasteiger partial charge is 0.369 e. The lowest BCUT2D eigenvalue weighted by atomic mass is 10.1. The topological polar surface area (TPSA) is 49.6 Å². The molecule has 1 amide bonds. The van der Waals surface area contributed by atoms with E-state index < -0.39 is 6.04 Å². The number of amides is 1. The highest BCUT2D eigenvalue weighted by atomic mass is 16.2. The molecule has 1 aliphatic heterocycles. The van der Waals surface area contributed by atoms with E-state index in [0.717, 1.165) is 23.7 Å². The average molecular weight is 273 g/mol. The van der Waals surface area contributed by atoms with Gasteiger partial charge in [-0.3, -0.25) is 4.79 Å². The molecule has 2 N–H and O–H groups in total. The number of hydrogen-bond donors (Lipinski definition) is 1. The molecule has 0 radical (unpaired) electrons. The van der Waals surface area contributed by atoms with Crippen molar-refractivity contribution >= 4 is 17.3 Å². The van der Waals surface area contributed by atoms with Crippen LogP contribution in [0.25, 0.3) is 0 Å². The van der Waals surface area contributed by atoms with Crippen molar-refractivity contribution < 1.29 is 4.79 Å². The molecule has 1 saturated carbocycles. The summed E-state index contributed by atoms with van der Waals surface area (Å²) in [5.41, 5.74) is 9.05. The minimum atomic E-state index is -0.500. The summed E-state index contributed by atoms with van der Waals surface area (Å²) in [6.45, 7) is 5.55. The van der Waals surface area contributed by atoms with Gasteiger partial charge in [0, 0.05) is 30.9 Å². The molecule has 3 rings (SSSR count). The lowest BCUT2D eigenvalue weighted by Gasteiger charge is -2.30. The highest BCUT2D eigenvalue weighted by Crippen LogP contribution is 2.38. The van der Waals surface area contributed by atoms with Crippen LogP contribution in [0.1, 0.15) is 38.3 Å². The molecule has 0 aromatic heterocycles. The van der Waals surface area contributed by atoms with Gasteiger partial charge in [-0.05, 0) is 44.7 Å². The molecule has 4 heteroatoms. The minimum Gasteiger partial charge on any atom is -0.369 e. The van der Waals surface area contributed by atoms with Crippen molar-refractivity contribution in [2.24, 2.45) is 11.7 Å². The van der Waals surface area contributed by atoms with Gasteiger partial charge in [0.1, 0.15) is 6.04 Å². The number of rotatable bonds is 4. The Morgan fingerprint density at radius 2 is 2.10 bits per heavy atom. The second-order valence-corrected chi connectivity index (χ2v) is 6.31. The van der Waals surface area contributed by atoms with Gasteiger partial charge in [-0.15, -0.1) is 0 Å². The Balaban J connectivity index is 1.93. The summed E-state index contributed by atoms with van der Waals surface area (Å²) in [5.74, 6) is 0.822. The Bertz CT molecular complexity index is 537. The summed E-state index contributed by atoms with van der Waals surface area (Å²) in [4.78, 5) is 16.1. The molecule has 1 aliphatic carbocycles. The standard InChI is InChI=1S/C16H23N3O/c1-10(2)19(9-11-4-5-11)12-6-7-13-14(8-12)18(3)16(20)15(13)17/h6-8,10-11,15H,4-5,9,17H2,1-3H3. The van der Waals surface area contributed by atoms with Crippen molar-refractivity contribution in [3.63, 3.8) is 0 Å². The van der Waals surface area contributed by atoms with Crippen molar-refractivity contribution in [1.82, 2.24) is 0 Å². The number of benzene rings is 1. The maximum absolute atomic E-state index is 12.0. The fourth-order valence-corrected chi connectivity index (χ4v) is 2.92. The van der Waals surface area contributed by atoms with Gasteiger partial charge in [0.05, 0.1) is 5.69 Å². The monoisotopic (exact) mass is 273 g/mol. The maximum Gasteiger partial charge on any atom is 0.248 e. The SMILES string of the molecule is CC(C)N(CC1CC1)c1ccc2c(c1)N(C)C(=O)C2N. The normalized spacial score (nSPS) is 21.6. The second kappa shape index (κ2) is 4.77. The first-order valence-corrected chi connectivity index (χ1v) is 7.42. The molecule has 4 nitrogen and oxygen atoms in total. The molecule has 20 heavy (non-hydrogen) atoms. The molecule has 1 unspecified atom stereocenters. The minimum absolute atomic E-state index is 0.0181. The fraction of sp³-hybridized carbons (Fsp3) is 0.562. The molecule has 0 spiro atoms. The fourth-order valence-electron chi connectivity index (χ4n) is 2.92. The van der Waals surface area contributed by atoms with Gasteiger partial charge in [-0.1, -0.05) is 6.07 Å². The summed E-state index contributed by atoms with van der Waals surface area (Å²) < 4.78 is 0. The summed E-state index contributed by atoms with van der Waals surface area (Å²) in [5, 5.41) is 0. The van der Waals surface area contributed by atoms with Crippen LogP contribution in [-0.2, 0) is 4.79 Å². The van der Waals surface area contributed by atoms with Crippen molar-refractivity contribution in [2.75, 3.05) is 23.4 Å². The highest BCUT2D eigenvalue weighted by molar-refractivity contribution is 6.04. The Morgan fingerprint density at radius 1 is 1.40 bits per heavy atom. The van der Waals surface area contributed by atoms with Crippen molar-refractivity contribution in [3.8, 4) is 0 Å². The van der Waals surface area contributed by atoms with E-state index >= 15 is 0 Å². The van der Waals surface area contributed by atoms with E-state index in [9.17, 15) is 4.79 Å². The molecule has 2 aliphatic rings.